The zero-order valence-corrected chi connectivity index (χ0v) is 8.27. The van der Waals surface area contributed by atoms with Crippen LogP contribution in [0, 0.1) is 0 Å². The maximum atomic E-state index is 10.5. The van der Waals surface area contributed by atoms with Crippen LogP contribution in [0.2, 0.25) is 0 Å². The molecule has 0 unspecified atom stereocenters. The molecule has 0 spiro atoms. The van der Waals surface area contributed by atoms with Gasteiger partial charge in [-0.1, -0.05) is 12.1 Å². The van der Waals surface area contributed by atoms with Crippen LogP contribution in [0.1, 0.15) is 12.5 Å². The van der Waals surface area contributed by atoms with Gasteiger partial charge in [-0.25, -0.2) is 0 Å². The van der Waals surface area contributed by atoms with E-state index in [2.05, 4.69) is 5.32 Å². The maximum absolute atomic E-state index is 10.5. The summed E-state index contributed by atoms with van der Waals surface area (Å²) in [6, 6.07) is 3.85. The van der Waals surface area contributed by atoms with Crippen molar-refractivity contribution in [2.45, 2.75) is 19.5 Å². The summed E-state index contributed by atoms with van der Waals surface area (Å²) in [5.74, 6) is -1.39. The summed E-state index contributed by atoms with van der Waals surface area (Å²) in [5.41, 5.74) is 0.461. The average molecular weight is 211 g/mol. The Balaban J connectivity index is 2.66. The van der Waals surface area contributed by atoms with E-state index in [1.807, 2.05) is 0 Å². The first-order valence-corrected chi connectivity index (χ1v) is 4.48. The fourth-order valence-electron chi connectivity index (χ4n) is 1.07. The Morgan fingerprint density at radius 2 is 2.13 bits per heavy atom. The predicted octanol–water partition coefficient (Wildman–Crippen LogP) is 0.661. The quantitative estimate of drug-likeness (QED) is 0.549. The van der Waals surface area contributed by atoms with Crippen LogP contribution in [0.25, 0.3) is 0 Å². The molecule has 0 fully saturated rings. The minimum absolute atomic E-state index is 0.188. The van der Waals surface area contributed by atoms with Crippen LogP contribution >= 0.6 is 0 Å². The number of carboxylic acids is 1. The van der Waals surface area contributed by atoms with Crippen molar-refractivity contribution < 1.29 is 20.1 Å². The van der Waals surface area contributed by atoms with Crippen molar-refractivity contribution >= 4 is 5.97 Å². The SMILES string of the molecule is C[C@@H](NCc1cccc(O)c1O)C(=O)O. The molecule has 0 aromatic heterocycles. The van der Waals surface area contributed by atoms with E-state index in [0.29, 0.717) is 5.56 Å². The van der Waals surface area contributed by atoms with Gasteiger partial charge >= 0.3 is 5.97 Å². The van der Waals surface area contributed by atoms with Gasteiger partial charge in [0.1, 0.15) is 6.04 Å². The lowest BCUT2D eigenvalue weighted by Gasteiger charge is -2.10. The summed E-state index contributed by atoms with van der Waals surface area (Å²) in [7, 11) is 0. The fraction of sp³-hybridized carbons (Fsp3) is 0.300. The molecule has 0 saturated carbocycles. The van der Waals surface area contributed by atoms with Gasteiger partial charge < -0.3 is 20.6 Å². The van der Waals surface area contributed by atoms with Gasteiger partial charge in [0.25, 0.3) is 0 Å². The summed E-state index contributed by atoms with van der Waals surface area (Å²) >= 11 is 0. The fourth-order valence-corrected chi connectivity index (χ4v) is 1.07. The number of hydrogen-bond donors (Lipinski definition) is 4. The number of hydrogen-bond acceptors (Lipinski definition) is 4. The van der Waals surface area contributed by atoms with Crippen LogP contribution in [0.3, 0.4) is 0 Å². The molecule has 82 valence electrons. The Morgan fingerprint density at radius 3 is 2.73 bits per heavy atom. The topological polar surface area (TPSA) is 89.8 Å². The zero-order valence-electron chi connectivity index (χ0n) is 8.27. The van der Waals surface area contributed by atoms with Gasteiger partial charge in [0.15, 0.2) is 11.5 Å². The highest BCUT2D eigenvalue weighted by atomic mass is 16.4. The lowest BCUT2D eigenvalue weighted by atomic mass is 10.1. The Bertz CT molecular complexity index is 364. The highest BCUT2D eigenvalue weighted by molar-refractivity contribution is 5.72. The molecular weight excluding hydrogens is 198 g/mol. The molecule has 0 heterocycles. The van der Waals surface area contributed by atoms with Gasteiger partial charge in [0.2, 0.25) is 0 Å². The Morgan fingerprint density at radius 1 is 1.47 bits per heavy atom. The number of benzene rings is 1. The third kappa shape index (κ3) is 2.85. The van der Waals surface area contributed by atoms with E-state index in [9.17, 15) is 15.0 Å². The van der Waals surface area contributed by atoms with Crippen molar-refractivity contribution in [1.29, 1.82) is 0 Å². The van der Waals surface area contributed by atoms with Gasteiger partial charge in [-0.05, 0) is 13.0 Å². The third-order valence-corrected chi connectivity index (χ3v) is 2.07. The number of rotatable bonds is 4. The summed E-state index contributed by atoms with van der Waals surface area (Å²) < 4.78 is 0. The van der Waals surface area contributed by atoms with Crippen LogP contribution in [-0.4, -0.2) is 27.3 Å². The normalized spacial score (nSPS) is 12.3. The number of phenolic OH excluding ortho intramolecular Hbond substituents is 2. The summed E-state index contributed by atoms with van der Waals surface area (Å²) in [6.07, 6.45) is 0. The van der Waals surface area contributed by atoms with Crippen molar-refractivity contribution in [2.75, 3.05) is 0 Å². The number of nitrogens with one attached hydrogen (secondary N) is 1. The van der Waals surface area contributed by atoms with E-state index in [1.165, 1.54) is 13.0 Å². The number of carboxylic acid groups (broad SMARTS) is 1. The van der Waals surface area contributed by atoms with E-state index in [-0.39, 0.29) is 18.0 Å². The van der Waals surface area contributed by atoms with Crippen molar-refractivity contribution in [3.05, 3.63) is 23.8 Å². The molecule has 5 heteroatoms. The summed E-state index contributed by atoms with van der Waals surface area (Å²) in [5, 5.41) is 29.9. The predicted molar refractivity (Wildman–Crippen MR) is 53.7 cm³/mol. The number of para-hydroxylation sites is 1. The van der Waals surface area contributed by atoms with Gasteiger partial charge in [0, 0.05) is 12.1 Å². The molecule has 1 aromatic carbocycles. The summed E-state index contributed by atoms with van der Waals surface area (Å²) in [4.78, 5) is 10.5. The molecule has 1 rings (SSSR count). The lowest BCUT2D eigenvalue weighted by Crippen LogP contribution is -2.33. The van der Waals surface area contributed by atoms with Gasteiger partial charge in [-0.3, -0.25) is 4.79 Å². The van der Waals surface area contributed by atoms with Crippen LogP contribution < -0.4 is 5.32 Å². The number of carbonyl (C=O) groups is 1. The average Bonchev–Trinajstić information content (AvgIpc) is 2.19. The third-order valence-electron chi connectivity index (χ3n) is 2.07. The van der Waals surface area contributed by atoms with Crippen molar-refractivity contribution in [3.63, 3.8) is 0 Å². The minimum atomic E-state index is -0.963. The summed E-state index contributed by atoms with van der Waals surface area (Å²) in [6.45, 7) is 1.69. The number of aromatic hydroxyl groups is 2. The van der Waals surface area contributed by atoms with Gasteiger partial charge in [0.05, 0.1) is 0 Å². The molecule has 1 aromatic rings. The van der Waals surface area contributed by atoms with Crippen LogP contribution in [0.15, 0.2) is 18.2 Å². The Hall–Kier alpha value is -1.75. The van der Waals surface area contributed by atoms with Crippen molar-refractivity contribution in [3.8, 4) is 11.5 Å². The Kier molecular flexibility index (Phi) is 3.51. The molecular formula is C10H13NO4. The lowest BCUT2D eigenvalue weighted by molar-refractivity contribution is -0.139. The number of aliphatic carboxylic acids is 1. The van der Waals surface area contributed by atoms with E-state index in [4.69, 9.17) is 5.11 Å². The highest BCUT2D eigenvalue weighted by Crippen LogP contribution is 2.27. The molecule has 0 bridgehead atoms. The van der Waals surface area contributed by atoms with E-state index in [0.717, 1.165) is 0 Å². The molecule has 0 aliphatic carbocycles. The molecule has 0 aliphatic rings. The van der Waals surface area contributed by atoms with Crippen LogP contribution in [-0.2, 0) is 11.3 Å². The van der Waals surface area contributed by atoms with Crippen molar-refractivity contribution in [1.82, 2.24) is 5.32 Å². The first kappa shape index (κ1) is 11.3. The second kappa shape index (κ2) is 4.65. The van der Waals surface area contributed by atoms with Gasteiger partial charge in [-0.2, -0.15) is 0 Å². The Labute approximate surface area is 87.0 Å². The standard InChI is InChI=1S/C10H13NO4/c1-6(10(14)15)11-5-7-3-2-4-8(12)9(7)13/h2-4,6,11-13H,5H2,1H3,(H,14,15)/t6-/m1/s1. The van der Waals surface area contributed by atoms with Crippen LogP contribution in [0.5, 0.6) is 11.5 Å². The molecule has 0 saturated heterocycles. The molecule has 0 radical (unpaired) electrons. The first-order chi connectivity index (χ1) is 7.02. The number of phenols is 2. The molecule has 15 heavy (non-hydrogen) atoms. The highest BCUT2D eigenvalue weighted by Gasteiger charge is 2.11. The largest absolute Gasteiger partial charge is 0.504 e. The second-order valence-electron chi connectivity index (χ2n) is 3.23. The second-order valence-corrected chi connectivity index (χ2v) is 3.23. The smallest absolute Gasteiger partial charge is 0.320 e. The van der Waals surface area contributed by atoms with Gasteiger partial charge in [-0.15, -0.1) is 0 Å². The zero-order chi connectivity index (χ0) is 11.4. The van der Waals surface area contributed by atoms with E-state index >= 15 is 0 Å². The minimum Gasteiger partial charge on any atom is -0.504 e. The molecule has 0 amide bonds. The molecule has 5 nitrogen and oxygen atoms in total. The van der Waals surface area contributed by atoms with Crippen molar-refractivity contribution in [2.24, 2.45) is 0 Å². The molecule has 1 atom stereocenters. The molecule has 0 aliphatic heterocycles. The maximum Gasteiger partial charge on any atom is 0.320 e. The molecule has 4 N–H and O–H groups in total. The first-order valence-electron chi connectivity index (χ1n) is 4.48. The van der Waals surface area contributed by atoms with E-state index < -0.39 is 12.0 Å². The van der Waals surface area contributed by atoms with Crippen LogP contribution in [0.4, 0.5) is 0 Å². The van der Waals surface area contributed by atoms with E-state index in [1.54, 1.807) is 12.1 Å². The monoisotopic (exact) mass is 211 g/mol.